The van der Waals surface area contributed by atoms with E-state index in [1.165, 1.54) is 47.7 Å². The topological polar surface area (TPSA) is 131 Å². The Morgan fingerprint density at radius 3 is 2.24 bits per heavy atom. The van der Waals surface area contributed by atoms with E-state index in [1.807, 2.05) is 0 Å². The van der Waals surface area contributed by atoms with E-state index in [-0.39, 0.29) is 21.8 Å². The molecule has 0 saturated carbocycles. The number of nitrogens with zero attached hydrogens (tertiary/aromatic N) is 2. The highest BCUT2D eigenvalue weighted by Gasteiger charge is 2.15. The molecule has 0 unspecified atom stereocenters. The Bertz CT molecular complexity index is 1450. The largest absolute Gasteiger partial charge is 0.298 e. The van der Waals surface area contributed by atoms with Gasteiger partial charge in [0.2, 0.25) is 0 Å². The van der Waals surface area contributed by atoms with E-state index in [0.29, 0.717) is 16.4 Å². The number of nitrogens with one attached hydrogen (secondary N) is 2. The van der Waals surface area contributed by atoms with Gasteiger partial charge in [-0.15, -0.1) is 11.3 Å². The Morgan fingerprint density at radius 2 is 1.62 bits per heavy atom. The Morgan fingerprint density at radius 1 is 0.971 bits per heavy atom. The van der Waals surface area contributed by atoms with Crippen LogP contribution in [0.15, 0.2) is 83.1 Å². The molecule has 4 rings (SSSR count). The summed E-state index contributed by atoms with van der Waals surface area (Å²) < 4.78 is 40.2. The molecule has 0 bridgehead atoms. The zero-order chi connectivity index (χ0) is 24.3. The highest BCUT2D eigenvalue weighted by atomic mass is 32.2. The molecular weight excluding hydrogens is 483 g/mol. The number of anilines is 2. The zero-order valence-corrected chi connectivity index (χ0v) is 18.8. The molecular formula is C22H15FN4O5S2. The van der Waals surface area contributed by atoms with Gasteiger partial charge in [0, 0.05) is 34.3 Å². The summed E-state index contributed by atoms with van der Waals surface area (Å²) in [7, 11) is -3.91. The molecule has 1 aromatic heterocycles. The van der Waals surface area contributed by atoms with Crippen LogP contribution in [-0.2, 0) is 10.0 Å². The SMILES string of the molecule is O=C(Nc1nc(-c2ccc([N+](=O)[O-])cc2)cs1)c1ccc(NS(=O)(=O)c2ccc(F)cc2)cc1. The van der Waals surface area contributed by atoms with Crippen LogP contribution in [0.4, 0.5) is 20.9 Å². The fourth-order valence-corrected chi connectivity index (χ4v) is 4.68. The lowest BCUT2D eigenvalue weighted by Gasteiger charge is -2.09. The number of halogens is 1. The van der Waals surface area contributed by atoms with Gasteiger partial charge in [-0.05, 0) is 60.7 Å². The van der Waals surface area contributed by atoms with E-state index in [1.54, 1.807) is 17.5 Å². The average Bonchev–Trinajstić information content (AvgIpc) is 3.28. The number of aromatic nitrogens is 1. The van der Waals surface area contributed by atoms with Gasteiger partial charge in [-0.1, -0.05) is 0 Å². The van der Waals surface area contributed by atoms with Crippen LogP contribution in [0.1, 0.15) is 10.4 Å². The number of rotatable bonds is 7. The second kappa shape index (κ2) is 9.37. The number of hydrogen-bond acceptors (Lipinski definition) is 7. The summed E-state index contributed by atoms with van der Waals surface area (Å²) in [5, 5.41) is 15.5. The van der Waals surface area contributed by atoms with Crippen molar-refractivity contribution in [2.24, 2.45) is 0 Å². The molecule has 0 atom stereocenters. The number of carbonyl (C=O) groups is 1. The monoisotopic (exact) mass is 498 g/mol. The molecule has 0 radical (unpaired) electrons. The first kappa shape index (κ1) is 23.0. The van der Waals surface area contributed by atoms with Crippen molar-refractivity contribution in [2.45, 2.75) is 4.90 Å². The van der Waals surface area contributed by atoms with E-state index in [0.717, 1.165) is 24.3 Å². The molecule has 0 aliphatic rings. The molecule has 1 amide bonds. The van der Waals surface area contributed by atoms with Crippen LogP contribution in [0.5, 0.6) is 0 Å². The Hall–Kier alpha value is -4.16. The molecule has 9 nitrogen and oxygen atoms in total. The summed E-state index contributed by atoms with van der Waals surface area (Å²) in [5.74, 6) is -0.994. The molecule has 0 aliphatic heterocycles. The van der Waals surface area contributed by atoms with Crippen LogP contribution in [0.3, 0.4) is 0 Å². The van der Waals surface area contributed by atoms with Crippen molar-refractivity contribution < 1.29 is 22.5 Å². The smallest absolute Gasteiger partial charge is 0.269 e. The van der Waals surface area contributed by atoms with Gasteiger partial charge in [-0.3, -0.25) is 24.9 Å². The predicted molar refractivity (Wildman–Crippen MR) is 126 cm³/mol. The van der Waals surface area contributed by atoms with Crippen molar-refractivity contribution >= 4 is 43.8 Å². The van der Waals surface area contributed by atoms with Crippen LogP contribution in [0.2, 0.25) is 0 Å². The quantitative estimate of drug-likeness (QED) is 0.275. The van der Waals surface area contributed by atoms with Crippen molar-refractivity contribution in [3.05, 3.63) is 99.7 Å². The third kappa shape index (κ3) is 5.24. The molecule has 0 saturated heterocycles. The second-order valence-electron chi connectivity index (χ2n) is 6.93. The number of benzene rings is 3. The number of hydrogen-bond donors (Lipinski definition) is 2. The molecule has 0 spiro atoms. The lowest BCUT2D eigenvalue weighted by atomic mass is 10.1. The van der Waals surface area contributed by atoms with E-state index in [4.69, 9.17) is 0 Å². The molecule has 1 heterocycles. The normalized spacial score (nSPS) is 11.1. The minimum absolute atomic E-state index is 0.0316. The molecule has 4 aromatic rings. The number of sulfonamides is 1. The van der Waals surface area contributed by atoms with Gasteiger partial charge in [-0.25, -0.2) is 17.8 Å². The lowest BCUT2D eigenvalue weighted by Crippen LogP contribution is -2.14. The number of carbonyl (C=O) groups excluding carboxylic acids is 1. The summed E-state index contributed by atoms with van der Waals surface area (Å²) in [6, 6.07) is 16.1. The van der Waals surface area contributed by atoms with Crippen molar-refractivity contribution in [3.8, 4) is 11.3 Å². The van der Waals surface area contributed by atoms with Crippen molar-refractivity contribution in [3.63, 3.8) is 0 Å². The first-order valence-electron chi connectivity index (χ1n) is 9.61. The summed E-state index contributed by atoms with van der Waals surface area (Å²) in [6.45, 7) is 0. The first-order valence-corrected chi connectivity index (χ1v) is 12.0. The summed E-state index contributed by atoms with van der Waals surface area (Å²) >= 11 is 1.19. The highest BCUT2D eigenvalue weighted by molar-refractivity contribution is 7.92. The van der Waals surface area contributed by atoms with E-state index in [9.17, 15) is 27.7 Å². The van der Waals surface area contributed by atoms with Gasteiger partial charge in [0.25, 0.3) is 21.6 Å². The standard InChI is InChI=1S/C22H15FN4O5S2/c23-16-5-11-19(12-6-16)34(31,32)26-17-7-1-15(2-8-17)21(28)25-22-24-20(13-33-22)14-3-9-18(10-4-14)27(29)30/h1-13,26H,(H,24,25,28). The van der Waals surface area contributed by atoms with E-state index < -0.39 is 26.7 Å². The predicted octanol–water partition coefficient (Wildman–Crippen LogP) is 4.91. The number of nitro groups is 1. The van der Waals surface area contributed by atoms with Gasteiger partial charge in [0.05, 0.1) is 15.5 Å². The molecule has 172 valence electrons. The molecule has 0 fully saturated rings. The summed E-state index contributed by atoms with van der Waals surface area (Å²) in [6.07, 6.45) is 0. The maximum Gasteiger partial charge on any atom is 0.269 e. The number of thiazole rings is 1. The Balaban J connectivity index is 1.41. The third-order valence-electron chi connectivity index (χ3n) is 4.62. The first-order chi connectivity index (χ1) is 16.2. The number of nitro benzene ring substituents is 1. The molecule has 12 heteroatoms. The Labute approximate surface area is 197 Å². The molecule has 0 aliphatic carbocycles. The van der Waals surface area contributed by atoms with Gasteiger partial charge < -0.3 is 0 Å². The average molecular weight is 499 g/mol. The second-order valence-corrected chi connectivity index (χ2v) is 9.47. The van der Waals surface area contributed by atoms with Crippen LogP contribution in [0, 0.1) is 15.9 Å². The summed E-state index contributed by atoms with van der Waals surface area (Å²) in [5.41, 5.74) is 1.70. The van der Waals surface area contributed by atoms with Gasteiger partial charge in [-0.2, -0.15) is 0 Å². The summed E-state index contributed by atoms with van der Waals surface area (Å²) in [4.78, 5) is 27.0. The van der Waals surface area contributed by atoms with Gasteiger partial charge >= 0.3 is 0 Å². The molecule has 3 aromatic carbocycles. The maximum absolute atomic E-state index is 13.0. The van der Waals surface area contributed by atoms with E-state index >= 15 is 0 Å². The van der Waals surface area contributed by atoms with Crippen molar-refractivity contribution in [1.82, 2.24) is 4.98 Å². The van der Waals surface area contributed by atoms with Crippen LogP contribution < -0.4 is 10.0 Å². The van der Waals surface area contributed by atoms with Gasteiger partial charge in [0.15, 0.2) is 5.13 Å². The van der Waals surface area contributed by atoms with Gasteiger partial charge in [0.1, 0.15) is 5.82 Å². The molecule has 2 N–H and O–H groups in total. The Kier molecular flexibility index (Phi) is 6.34. The minimum Gasteiger partial charge on any atom is -0.298 e. The third-order valence-corrected chi connectivity index (χ3v) is 6.78. The molecule has 34 heavy (non-hydrogen) atoms. The van der Waals surface area contributed by atoms with Crippen molar-refractivity contribution in [1.29, 1.82) is 0 Å². The minimum atomic E-state index is -3.91. The number of amides is 1. The number of non-ortho nitro benzene ring substituents is 1. The lowest BCUT2D eigenvalue weighted by molar-refractivity contribution is -0.384. The highest BCUT2D eigenvalue weighted by Crippen LogP contribution is 2.27. The van der Waals surface area contributed by atoms with Crippen molar-refractivity contribution in [2.75, 3.05) is 10.0 Å². The van der Waals surface area contributed by atoms with Crippen LogP contribution in [-0.4, -0.2) is 24.2 Å². The maximum atomic E-state index is 13.0. The van der Waals surface area contributed by atoms with Crippen LogP contribution in [0.25, 0.3) is 11.3 Å². The van der Waals surface area contributed by atoms with Crippen LogP contribution >= 0.6 is 11.3 Å². The van der Waals surface area contributed by atoms with E-state index in [2.05, 4.69) is 15.0 Å². The zero-order valence-electron chi connectivity index (χ0n) is 17.1. The fourth-order valence-electron chi connectivity index (χ4n) is 2.90. The fraction of sp³-hybridized carbons (Fsp3) is 0.